The Hall–Kier alpha value is -1.26. The zero-order valence-electron chi connectivity index (χ0n) is 12.3. The zero-order valence-corrected chi connectivity index (χ0v) is 12.3. The lowest BCUT2D eigenvalue weighted by molar-refractivity contribution is -0.137. The van der Waals surface area contributed by atoms with Gasteiger partial charge in [-0.3, -0.25) is 4.79 Å². The van der Waals surface area contributed by atoms with Crippen LogP contribution in [0.25, 0.3) is 0 Å². The maximum Gasteiger partial charge on any atom is 0.317 e. The summed E-state index contributed by atoms with van der Waals surface area (Å²) in [7, 11) is 0. The molecule has 0 spiro atoms. The second-order valence-corrected chi connectivity index (χ2v) is 5.97. The molecule has 18 heavy (non-hydrogen) atoms. The summed E-state index contributed by atoms with van der Waals surface area (Å²) in [6, 6.07) is -0.193. The predicted molar refractivity (Wildman–Crippen MR) is 71.5 cm³/mol. The second-order valence-electron chi connectivity index (χ2n) is 5.97. The van der Waals surface area contributed by atoms with Gasteiger partial charge in [-0.2, -0.15) is 0 Å². The van der Waals surface area contributed by atoms with E-state index < -0.39 is 5.97 Å². The highest BCUT2D eigenvalue weighted by molar-refractivity contribution is 5.76. The van der Waals surface area contributed by atoms with E-state index in [9.17, 15) is 9.59 Å². The van der Waals surface area contributed by atoms with Gasteiger partial charge < -0.3 is 15.3 Å². The van der Waals surface area contributed by atoms with Gasteiger partial charge in [-0.25, -0.2) is 4.79 Å². The molecule has 5 nitrogen and oxygen atoms in total. The van der Waals surface area contributed by atoms with Crippen LogP contribution in [0.1, 0.15) is 48.0 Å². The van der Waals surface area contributed by atoms with Gasteiger partial charge in [-0.15, -0.1) is 0 Å². The van der Waals surface area contributed by atoms with Crippen LogP contribution >= 0.6 is 0 Å². The summed E-state index contributed by atoms with van der Waals surface area (Å²) in [6.07, 6.45) is -0.0322. The highest BCUT2D eigenvalue weighted by Gasteiger charge is 2.25. The van der Waals surface area contributed by atoms with Crippen molar-refractivity contribution >= 4 is 12.0 Å². The first kappa shape index (κ1) is 16.7. The van der Waals surface area contributed by atoms with E-state index in [0.717, 1.165) is 0 Å². The molecular formula is C13H26N2O3. The van der Waals surface area contributed by atoms with Gasteiger partial charge in [0.2, 0.25) is 0 Å². The minimum absolute atomic E-state index is 0.0171. The lowest BCUT2D eigenvalue weighted by Crippen LogP contribution is -2.50. The largest absolute Gasteiger partial charge is 0.481 e. The van der Waals surface area contributed by atoms with Gasteiger partial charge in [-0.1, -0.05) is 20.8 Å². The Bertz CT molecular complexity index is 295. The maximum atomic E-state index is 12.1. The summed E-state index contributed by atoms with van der Waals surface area (Å²) < 4.78 is 0. The van der Waals surface area contributed by atoms with Crippen LogP contribution in [0, 0.1) is 5.41 Å². The molecule has 2 N–H and O–H groups in total. The van der Waals surface area contributed by atoms with Crippen LogP contribution in [0.15, 0.2) is 0 Å². The number of nitrogens with zero attached hydrogens (tertiary/aromatic N) is 1. The Labute approximate surface area is 110 Å². The highest BCUT2D eigenvalue weighted by Crippen LogP contribution is 2.18. The number of nitrogens with one attached hydrogen (secondary N) is 1. The molecule has 0 aliphatic carbocycles. The van der Waals surface area contributed by atoms with Gasteiger partial charge in [0.05, 0.1) is 6.42 Å². The molecule has 0 rings (SSSR count). The van der Waals surface area contributed by atoms with Crippen molar-refractivity contribution in [2.45, 2.75) is 60.0 Å². The van der Waals surface area contributed by atoms with Crippen LogP contribution < -0.4 is 5.32 Å². The van der Waals surface area contributed by atoms with E-state index in [2.05, 4.69) is 26.1 Å². The first-order valence-corrected chi connectivity index (χ1v) is 6.34. The first-order chi connectivity index (χ1) is 8.05. The number of carboxylic acid groups (broad SMARTS) is 1. The fraction of sp³-hybridized carbons (Fsp3) is 0.846. The third-order valence-electron chi connectivity index (χ3n) is 3.09. The van der Waals surface area contributed by atoms with E-state index in [1.807, 2.05) is 20.8 Å². The lowest BCUT2D eigenvalue weighted by Gasteiger charge is -2.33. The van der Waals surface area contributed by atoms with Crippen LogP contribution in [-0.2, 0) is 4.79 Å². The highest BCUT2D eigenvalue weighted by atomic mass is 16.4. The van der Waals surface area contributed by atoms with Crippen molar-refractivity contribution in [3.8, 4) is 0 Å². The van der Waals surface area contributed by atoms with Gasteiger partial charge in [0.1, 0.15) is 0 Å². The Morgan fingerprint density at radius 1 is 1.22 bits per heavy atom. The number of amides is 2. The topological polar surface area (TPSA) is 69.6 Å². The van der Waals surface area contributed by atoms with E-state index in [1.165, 1.54) is 0 Å². The van der Waals surface area contributed by atoms with Gasteiger partial charge in [0.15, 0.2) is 0 Å². The Balaban J connectivity index is 4.53. The SMILES string of the molecule is CC(C)N(CCC(=O)O)C(=O)NC(C)C(C)(C)C. The molecule has 0 bridgehead atoms. The number of hydrogen-bond donors (Lipinski definition) is 2. The number of aliphatic carboxylic acids is 1. The van der Waals surface area contributed by atoms with E-state index in [4.69, 9.17) is 5.11 Å². The predicted octanol–water partition coefficient (Wildman–Crippen LogP) is 2.32. The number of carboxylic acids is 1. The van der Waals surface area contributed by atoms with Gasteiger partial charge >= 0.3 is 12.0 Å². The van der Waals surface area contributed by atoms with Gasteiger partial charge in [-0.05, 0) is 26.2 Å². The number of carbonyl (C=O) groups is 2. The summed E-state index contributed by atoms with van der Waals surface area (Å²) in [5, 5.41) is 11.6. The van der Waals surface area contributed by atoms with Gasteiger partial charge in [0.25, 0.3) is 0 Å². The summed E-state index contributed by atoms with van der Waals surface area (Å²) in [5.41, 5.74) is -0.0227. The van der Waals surface area contributed by atoms with Crippen molar-refractivity contribution in [2.24, 2.45) is 5.41 Å². The smallest absolute Gasteiger partial charge is 0.317 e. The molecule has 1 atom stereocenters. The van der Waals surface area contributed by atoms with Crippen molar-refractivity contribution in [3.05, 3.63) is 0 Å². The fourth-order valence-electron chi connectivity index (χ4n) is 1.29. The molecule has 2 amide bonds. The Kier molecular flexibility index (Phi) is 6.15. The third-order valence-corrected chi connectivity index (χ3v) is 3.09. The van der Waals surface area contributed by atoms with Gasteiger partial charge in [0, 0.05) is 18.6 Å². The Morgan fingerprint density at radius 3 is 2.06 bits per heavy atom. The average Bonchev–Trinajstić information content (AvgIpc) is 2.14. The van der Waals surface area contributed by atoms with E-state index in [0.29, 0.717) is 0 Å². The van der Waals surface area contributed by atoms with Crippen molar-refractivity contribution in [3.63, 3.8) is 0 Å². The third kappa shape index (κ3) is 5.89. The molecule has 0 aliphatic heterocycles. The van der Waals surface area contributed by atoms with Crippen molar-refractivity contribution in [1.29, 1.82) is 0 Å². The minimum Gasteiger partial charge on any atom is -0.481 e. The molecule has 0 fully saturated rings. The molecule has 5 heteroatoms. The lowest BCUT2D eigenvalue weighted by atomic mass is 9.88. The number of rotatable bonds is 5. The summed E-state index contributed by atoms with van der Waals surface area (Å²) in [5.74, 6) is -0.891. The molecule has 0 saturated heterocycles. The molecule has 0 heterocycles. The van der Waals surface area contributed by atoms with E-state index in [1.54, 1.807) is 4.90 Å². The molecule has 106 valence electrons. The number of carbonyl (C=O) groups excluding carboxylic acids is 1. The van der Waals surface area contributed by atoms with E-state index >= 15 is 0 Å². The van der Waals surface area contributed by atoms with Crippen LogP contribution in [-0.4, -0.2) is 40.6 Å². The normalized spacial score (nSPS) is 13.3. The monoisotopic (exact) mass is 258 g/mol. The molecule has 0 aromatic rings. The van der Waals surface area contributed by atoms with Crippen molar-refractivity contribution < 1.29 is 14.7 Å². The first-order valence-electron chi connectivity index (χ1n) is 6.34. The standard InChI is InChI=1S/C13H26N2O3/c1-9(2)15(8-7-11(16)17)12(18)14-10(3)13(4,5)6/h9-10H,7-8H2,1-6H3,(H,14,18)(H,16,17). The van der Waals surface area contributed by atoms with Crippen LogP contribution in [0.5, 0.6) is 0 Å². The average molecular weight is 258 g/mol. The summed E-state index contributed by atoms with van der Waals surface area (Å²) in [6.45, 7) is 12.1. The quantitative estimate of drug-likeness (QED) is 0.795. The fourth-order valence-corrected chi connectivity index (χ4v) is 1.29. The number of urea groups is 1. The van der Waals surface area contributed by atoms with Crippen LogP contribution in [0.3, 0.4) is 0 Å². The minimum atomic E-state index is -0.891. The Morgan fingerprint density at radius 2 is 1.72 bits per heavy atom. The molecule has 0 saturated carbocycles. The van der Waals surface area contributed by atoms with Crippen LogP contribution in [0.4, 0.5) is 4.79 Å². The molecule has 0 aliphatic rings. The molecule has 0 aromatic carbocycles. The summed E-state index contributed by atoms with van der Waals surface area (Å²) >= 11 is 0. The van der Waals surface area contributed by atoms with E-state index in [-0.39, 0.29) is 36.5 Å². The molecule has 0 aromatic heterocycles. The van der Waals surface area contributed by atoms with Crippen molar-refractivity contribution in [2.75, 3.05) is 6.54 Å². The second kappa shape index (κ2) is 6.61. The van der Waals surface area contributed by atoms with Crippen molar-refractivity contribution in [1.82, 2.24) is 10.2 Å². The molecule has 0 radical (unpaired) electrons. The zero-order chi connectivity index (χ0) is 14.5. The molecular weight excluding hydrogens is 232 g/mol. The molecule has 1 unspecified atom stereocenters. The van der Waals surface area contributed by atoms with Crippen LogP contribution in [0.2, 0.25) is 0 Å². The maximum absolute atomic E-state index is 12.1. The number of hydrogen-bond acceptors (Lipinski definition) is 2. The summed E-state index contributed by atoms with van der Waals surface area (Å²) in [4.78, 5) is 24.2.